The third kappa shape index (κ3) is 1.49. The molecule has 2 N–H and O–H groups in total. The van der Waals surface area contributed by atoms with Crippen LogP contribution >= 0.6 is 11.8 Å². The molecule has 13 heavy (non-hydrogen) atoms. The van der Waals surface area contributed by atoms with Crippen molar-refractivity contribution in [1.29, 1.82) is 0 Å². The SMILES string of the molecule is CCCSC1N=NC2N(N)C=NN12. The van der Waals surface area contributed by atoms with Crippen molar-refractivity contribution in [2.75, 3.05) is 5.75 Å². The lowest BCUT2D eigenvalue weighted by molar-refractivity contribution is 0.164. The Balaban J connectivity index is 1.95. The first-order chi connectivity index (χ1) is 6.33. The van der Waals surface area contributed by atoms with Crippen LogP contribution in [0.25, 0.3) is 0 Å². The number of hydrazone groups is 1. The maximum atomic E-state index is 5.59. The molecule has 6 nitrogen and oxygen atoms in total. The molecule has 0 radical (unpaired) electrons. The summed E-state index contributed by atoms with van der Waals surface area (Å²) in [7, 11) is 0. The molecule has 2 unspecified atom stereocenters. The second-order valence-electron chi connectivity index (χ2n) is 2.83. The Bertz CT molecular complexity index is 241. The molecule has 0 saturated heterocycles. The summed E-state index contributed by atoms with van der Waals surface area (Å²) in [5.41, 5.74) is 0.00903. The van der Waals surface area contributed by atoms with E-state index in [4.69, 9.17) is 5.84 Å². The number of thioether (sulfide) groups is 1. The Hall–Kier alpha value is -0.820. The maximum absolute atomic E-state index is 5.59. The number of hydrogen-bond acceptors (Lipinski definition) is 7. The average Bonchev–Trinajstić information content (AvgIpc) is 2.67. The van der Waals surface area contributed by atoms with Crippen LogP contribution in [0.4, 0.5) is 0 Å². The van der Waals surface area contributed by atoms with E-state index in [1.54, 1.807) is 23.1 Å². The first-order valence-corrected chi connectivity index (χ1v) is 5.25. The van der Waals surface area contributed by atoms with Crippen LogP contribution in [0.3, 0.4) is 0 Å². The van der Waals surface area contributed by atoms with Crippen LogP contribution in [-0.2, 0) is 0 Å². The van der Waals surface area contributed by atoms with Crippen LogP contribution in [0.2, 0.25) is 0 Å². The molecule has 2 atom stereocenters. The number of nitrogens with zero attached hydrogens (tertiary/aromatic N) is 5. The largest absolute Gasteiger partial charge is 0.254 e. The number of rotatable bonds is 3. The molecule has 0 saturated carbocycles. The molecule has 72 valence electrons. The highest BCUT2D eigenvalue weighted by molar-refractivity contribution is 7.99. The van der Waals surface area contributed by atoms with Crippen molar-refractivity contribution in [3.63, 3.8) is 0 Å². The van der Waals surface area contributed by atoms with E-state index in [1.165, 1.54) is 5.01 Å². The normalized spacial score (nSPS) is 30.3. The van der Waals surface area contributed by atoms with Gasteiger partial charge in [-0.3, -0.25) is 5.01 Å². The van der Waals surface area contributed by atoms with E-state index in [-0.39, 0.29) is 11.8 Å². The summed E-state index contributed by atoms with van der Waals surface area (Å²) >= 11 is 1.73. The Labute approximate surface area is 80.8 Å². The molecule has 2 heterocycles. The van der Waals surface area contributed by atoms with Gasteiger partial charge in [0.15, 0.2) is 0 Å². The molecule has 2 aliphatic heterocycles. The molecule has 0 amide bonds. The molecular weight excluding hydrogens is 188 g/mol. The van der Waals surface area contributed by atoms with Gasteiger partial charge in [0, 0.05) is 0 Å². The van der Waals surface area contributed by atoms with Gasteiger partial charge in [0.25, 0.3) is 0 Å². The minimum Gasteiger partial charge on any atom is -0.254 e. The van der Waals surface area contributed by atoms with E-state index in [9.17, 15) is 0 Å². The predicted molar refractivity (Wildman–Crippen MR) is 51.5 cm³/mol. The smallest absolute Gasteiger partial charge is 0.250 e. The highest BCUT2D eigenvalue weighted by atomic mass is 32.2. The Kier molecular flexibility index (Phi) is 2.36. The summed E-state index contributed by atoms with van der Waals surface area (Å²) in [5.74, 6) is 6.65. The van der Waals surface area contributed by atoms with Crippen LogP contribution < -0.4 is 5.84 Å². The molecule has 2 rings (SSSR count). The zero-order chi connectivity index (χ0) is 9.26. The van der Waals surface area contributed by atoms with Gasteiger partial charge in [0.2, 0.25) is 11.8 Å². The standard InChI is InChI=1S/C6H12N6S/c1-2-3-13-6-10-9-5-11(7)4-8-12(5)6/h4-6H,2-3,7H2,1H3. The zero-order valence-corrected chi connectivity index (χ0v) is 8.18. The molecule has 2 aliphatic rings. The number of azo groups is 1. The summed E-state index contributed by atoms with van der Waals surface area (Å²) in [6, 6.07) is 0. The van der Waals surface area contributed by atoms with E-state index >= 15 is 0 Å². The van der Waals surface area contributed by atoms with E-state index < -0.39 is 0 Å². The predicted octanol–water partition coefficient (Wildman–Crippen LogP) is 0.597. The lowest BCUT2D eigenvalue weighted by Crippen LogP contribution is -2.41. The van der Waals surface area contributed by atoms with Gasteiger partial charge in [-0.1, -0.05) is 6.92 Å². The third-order valence-electron chi connectivity index (χ3n) is 1.79. The van der Waals surface area contributed by atoms with Crippen molar-refractivity contribution in [2.45, 2.75) is 25.1 Å². The van der Waals surface area contributed by atoms with Gasteiger partial charge in [-0.2, -0.15) is 10.2 Å². The lowest BCUT2D eigenvalue weighted by atomic mass is 10.6. The van der Waals surface area contributed by atoms with Gasteiger partial charge in [-0.15, -0.1) is 16.9 Å². The molecule has 0 aromatic carbocycles. The quantitative estimate of drug-likeness (QED) is 0.677. The van der Waals surface area contributed by atoms with Gasteiger partial charge < -0.3 is 0 Å². The van der Waals surface area contributed by atoms with Crippen molar-refractivity contribution in [3.8, 4) is 0 Å². The molecule has 0 aromatic rings. The summed E-state index contributed by atoms with van der Waals surface area (Å²) in [6.45, 7) is 2.14. The molecule has 0 aliphatic carbocycles. The van der Waals surface area contributed by atoms with Crippen LogP contribution in [0.1, 0.15) is 13.3 Å². The van der Waals surface area contributed by atoms with Crippen LogP contribution in [0.15, 0.2) is 15.3 Å². The fraction of sp³-hybridized carbons (Fsp3) is 0.833. The van der Waals surface area contributed by atoms with Crippen LogP contribution in [0.5, 0.6) is 0 Å². The molecule has 0 bridgehead atoms. The van der Waals surface area contributed by atoms with Crippen molar-refractivity contribution in [3.05, 3.63) is 0 Å². The van der Waals surface area contributed by atoms with Gasteiger partial charge in [-0.25, -0.2) is 10.9 Å². The second-order valence-corrected chi connectivity index (χ2v) is 4.00. The second kappa shape index (κ2) is 3.51. The molecule has 0 aromatic heterocycles. The lowest BCUT2D eigenvalue weighted by Gasteiger charge is -2.19. The van der Waals surface area contributed by atoms with Gasteiger partial charge >= 0.3 is 0 Å². The molecule has 0 spiro atoms. The average molecular weight is 200 g/mol. The Morgan fingerprint density at radius 2 is 2.38 bits per heavy atom. The highest BCUT2D eigenvalue weighted by Gasteiger charge is 2.36. The van der Waals surface area contributed by atoms with E-state index in [0.717, 1.165) is 12.2 Å². The number of nitrogens with two attached hydrogens (primary N) is 1. The highest BCUT2D eigenvalue weighted by Crippen LogP contribution is 2.29. The summed E-state index contributed by atoms with van der Waals surface area (Å²) in [6.07, 6.45) is 2.49. The molecular formula is C6H12N6S. The fourth-order valence-corrected chi connectivity index (χ4v) is 2.04. The first-order valence-electron chi connectivity index (χ1n) is 4.20. The van der Waals surface area contributed by atoms with Gasteiger partial charge in [0.1, 0.15) is 6.34 Å². The topological polar surface area (TPSA) is 69.6 Å². The number of hydrogen-bond donors (Lipinski definition) is 1. The Morgan fingerprint density at radius 1 is 1.54 bits per heavy atom. The van der Waals surface area contributed by atoms with Crippen LogP contribution in [0, 0.1) is 0 Å². The summed E-state index contributed by atoms with van der Waals surface area (Å²) in [4.78, 5) is 0. The number of fused-ring (bicyclic) bond motifs is 1. The first kappa shape index (κ1) is 8.76. The van der Waals surface area contributed by atoms with Crippen molar-refractivity contribution < 1.29 is 0 Å². The van der Waals surface area contributed by atoms with Crippen molar-refractivity contribution in [1.82, 2.24) is 10.0 Å². The summed E-state index contributed by atoms with van der Waals surface area (Å²) < 4.78 is 0. The summed E-state index contributed by atoms with van der Waals surface area (Å²) in [5, 5.41) is 15.5. The molecule has 7 heteroatoms. The van der Waals surface area contributed by atoms with Gasteiger partial charge in [0.05, 0.1) is 0 Å². The maximum Gasteiger partial charge on any atom is 0.250 e. The zero-order valence-electron chi connectivity index (χ0n) is 7.37. The number of hydrazine groups is 1. The molecule has 0 fully saturated rings. The van der Waals surface area contributed by atoms with Gasteiger partial charge in [-0.05, 0) is 12.2 Å². The van der Waals surface area contributed by atoms with E-state index in [2.05, 4.69) is 22.3 Å². The van der Waals surface area contributed by atoms with Crippen molar-refractivity contribution in [2.24, 2.45) is 21.2 Å². The minimum absolute atomic E-state index is 0.00903. The minimum atomic E-state index is -0.214. The van der Waals surface area contributed by atoms with Crippen LogP contribution in [-0.4, -0.2) is 33.9 Å². The van der Waals surface area contributed by atoms with E-state index in [1.807, 2.05) is 0 Å². The monoisotopic (exact) mass is 200 g/mol. The fourth-order valence-electron chi connectivity index (χ4n) is 1.16. The van der Waals surface area contributed by atoms with Crippen molar-refractivity contribution >= 4 is 18.1 Å². The third-order valence-corrected chi connectivity index (χ3v) is 3.04. The van der Waals surface area contributed by atoms with E-state index in [0.29, 0.717) is 0 Å². The Morgan fingerprint density at radius 3 is 3.15 bits per heavy atom.